The van der Waals surface area contributed by atoms with E-state index in [1.807, 2.05) is 0 Å². The van der Waals surface area contributed by atoms with E-state index in [0.717, 1.165) is 0 Å². The smallest absolute Gasteiger partial charge is 0.348 e. The minimum atomic E-state index is -5.10. The van der Waals surface area contributed by atoms with Gasteiger partial charge in [0.05, 0.1) is 0 Å². The van der Waals surface area contributed by atoms with Crippen LogP contribution in [0.1, 0.15) is 27.7 Å². The van der Waals surface area contributed by atoms with Gasteiger partial charge in [0.15, 0.2) is 0 Å². The molecule has 0 aliphatic carbocycles. The highest BCUT2D eigenvalue weighted by molar-refractivity contribution is 5.95. The molecule has 0 rings (SSSR count). The fraction of sp³-hybridized carbons (Fsp3) is 0.800. The number of carbonyl (C=O) groups is 2. The zero-order chi connectivity index (χ0) is 14.7. The van der Waals surface area contributed by atoms with E-state index in [-0.39, 0.29) is 0 Å². The molecule has 0 aromatic heterocycles. The van der Waals surface area contributed by atoms with Gasteiger partial charge in [-0.1, -0.05) is 0 Å². The monoisotopic (exact) mass is 272 g/mol. The van der Waals surface area contributed by atoms with Gasteiger partial charge in [0.2, 0.25) is 0 Å². The van der Waals surface area contributed by atoms with Crippen LogP contribution in [0.3, 0.4) is 0 Å². The lowest BCUT2D eigenvalue weighted by Crippen LogP contribution is -2.60. The van der Waals surface area contributed by atoms with Crippen molar-refractivity contribution in [3.05, 3.63) is 0 Å². The lowest BCUT2D eigenvalue weighted by atomic mass is 10.1. The molecule has 0 radical (unpaired) electrons. The maximum Gasteiger partial charge on any atom is 0.395 e. The van der Waals surface area contributed by atoms with Crippen LogP contribution in [-0.2, 0) is 9.59 Å². The number of nitrogens with one attached hydrogen (secondary N) is 2. The van der Waals surface area contributed by atoms with Gasteiger partial charge in [0.25, 0.3) is 11.8 Å². The first-order valence-corrected chi connectivity index (χ1v) is 5.30. The first-order chi connectivity index (χ1) is 7.92. The summed E-state index contributed by atoms with van der Waals surface area (Å²) in [5, 5.41) is 3.30. The number of hydrogen-bond donors (Lipinski definition) is 2. The Morgan fingerprint density at radius 2 is 1.00 bits per heavy atom. The van der Waals surface area contributed by atoms with Gasteiger partial charge < -0.3 is 10.6 Å². The lowest BCUT2D eigenvalue weighted by Gasteiger charge is -2.26. The van der Waals surface area contributed by atoms with Gasteiger partial charge >= 0.3 is 11.8 Å². The van der Waals surface area contributed by atoms with Gasteiger partial charge in [0, 0.05) is 12.1 Å². The predicted octanol–water partition coefficient (Wildman–Crippen LogP) is 1.31. The van der Waals surface area contributed by atoms with Crippen LogP contribution in [0, 0.1) is 0 Å². The quantitative estimate of drug-likeness (QED) is 0.741. The average molecular weight is 272 g/mol. The summed E-state index contributed by atoms with van der Waals surface area (Å²) in [4.78, 5) is 22.0. The lowest BCUT2D eigenvalue weighted by molar-refractivity contribution is -0.211. The first kappa shape index (κ1) is 16.7. The van der Waals surface area contributed by atoms with Gasteiger partial charge in [-0.15, -0.1) is 0 Å². The molecule has 4 nitrogen and oxygen atoms in total. The molecule has 0 unspecified atom stereocenters. The highest BCUT2D eigenvalue weighted by Crippen LogP contribution is 2.34. The first-order valence-electron chi connectivity index (χ1n) is 5.30. The zero-order valence-corrected chi connectivity index (χ0v) is 10.5. The number of hydrogen-bond acceptors (Lipinski definition) is 2. The third kappa shape index (κ3) is 3.58. The minimum Gasteiger partial charge on any atom is -0.348 e. The van der Waals surface area contributed by atoms with Crippen molar-refractivity contribution >= 4 is 11.8 Å². The van der Waals surface area contributed by atoms with Gasteiger partial charge in [-0.05, 0) is 27.7 Å². The number of carbonyl (C=O) groups excluding carboxylic acids is 2. The Balaban J connectivity index is 5.06. The maximum atomic E-state index is 13.2. The molecule has 8 heteroatoms. The summed E-state index contributed by atoms with van der Waals surface area (Å²) in [6, 6.07) is -1.49. The van der Waals surface area contributed by atoms with Crippen LogP contribution in [0.4, 0.5) is 17.6 Å². The molecular formula is C10H16F4N2O2. The summed E-state index contributed by atoms with van der Waals surface area (Å²) in [5.41, 5.74) is 0. The van der Waals surface area contributed by atoms with Crippen LogP contribution >= 0.6 is 0 Å². The van der Waals surface area contributed by atoms with E-state index in [0.29, 0.717) is 0 Å². The highest BCUT2D eigenvalue weighted by Gasteiger charge is 2.66. The van der Waals surface area contributed by atoms with Crippen molar-refractivity contribution in [3.8, 4) is 0 Å². The Kier molecular flexibility index (Phi) is 5.12. The van der Waals surface area contributed by atoms with E-state index >= 15 is 0 Å². The fourth-order valence-electron chi connectivity index (χ4n) is 0.991. The van der Waals surface area contributed by atoms with Crippen LogP contribution in [0.2, 0.25) is 0 Å². The molecule has 0 aliphatic heterocycles. The second-order valence-corrected chi connectivity index (χ2v) is 4.41. The average Bonchev–Trinajstić information content (AvgIpc) is 2.14. The van der Waals surface area contributed by atoms with E-state index in [4.69, 9.17) is 0 Å². The molecule has 106 valence electrons. The molecule has 0 spiro atoms. The molecule has 2 amide bonds. The summed E-state index contributed by atoms with van der Waals surface area (Å²) in [5.74, 6) is -14.6. The summed E-state index contributed by atoms with van der Waals surface area (Å²) in [7, 11) is 0. The van der Waals surface area contributed by atoms with E-state index < -0.39 is 35.7 Å². The second kappa shape index (κ2) is 5.53. The molecule has 0 aromatic carbocycles. The van der Waals surface area contributed by atoms with Crippen molar-refractivity contribution in [2.24, 2.45) is 0 Å². The molecular weight excluding hydrogens is 256 g/mol. The molecule has 2 N–H and O–H groups in total. The van der Waals surface area contributed by atoms with E-state index in [9.17, 15) is 27.2 Å². The van der Waals surface area contributed by atoms with Crippen LogP contribution < -0.4 is 10.6 Å². The van der Waals surface area contributed by atoms with Crippen LogP contribution in [-0.4, -0.2) is 35.7 Å². The van der Waals surface area contributed by atoms with Crippen LogP contribution in [0.15, 0.2) is 0 Å². The topological polar surface area (TPSA) is 58.2 Å². The van der Waals surface area contributed by atoms with Crippen molar-refractivity contribution in [1.82, 2.24) is 10.6 Å². The second-order valence-electron chi connectivity index (χ2n) is 4.41. The summed E-state index contributed by atoms with van der Waals surface area (Å²) in [6.07, 6.45) is 0. The summed E-state index contributed by atoms with van der Waals surface area (Å²) >= 11 is 0. The minimum absolute atomic E-state index is 0.743. The Morgan fingerprint density at radius 3 is 1.17 bits per heavy atom. The number of rotatable bonds is 5. The Hall–Kier alpha value is -1.34. The van der Waals surface area contributed by atoms with E-state index in [1.165, 1.54) is 27.7 Å². The van der Waals surface area contributed by atoms with Crippen molar-refractivity contribution in [2.75, 3.05) is 0 Å². The maximum absolute atomic E-state index is 13.2. The van der Waals surface area contributed by atoms with Crippen molar-refractivity contribution in [3.63, 3.8) is 0 Å². The Morgan fingerprint density at radius 1 is 0.778 bits per heavy atom. The fourth-order valence-corrected chi connectivity index (χ4v) is 0.991. The molecule has 18 heavy (non-hydrogen) atoms. The van der Waals surface area contributed by atoms with E-state index in [2.05, 4.69) is 0 Å². The number of amides is 2. The van der Waals surface area contributed by atoms with Crippen molar-refractivity contribution < 1.29 is 27.2 Å². The summed E-state index contributed by atoms with van der Waals surface area (Å²) < 4.78 is 52.9. The third-order valence-electron chi connectivity index (χ3n) is 1.80. The number of alkyl halides is 4. The molecule has 0 saturated carbocycles. The molecule has 0 saturated heterocycles. The van der Waals surface area contributed by atoms with Crippen molar-refractivity contribution in [1.29, 1.82) is 0 Å². The van der Waals surface area contributed by atoms with Gasteiger partial charge in [0.1, 0.15) is 0 Å². The molecule has 0 atom stereocenters. The van der Waals surface area contributed by atoms with Crippen molar-refractivity contribution in [2.45, 2.75) is 51.6 Å². The Bertz CT molecular complexity index is 298. The molecule has 0 aromatic rings. The largest absolute Gasteiger partial charge is 0.395 e. The number of halogens is 4. The normalized spacial score (nSPS) is 12.8. The van der Waals surface area contributed by atoms with Crippen LogP contribution in [0.25, 0.3) is 0 Å². The molecule has 0 aliphatic rings. The predicted molar refractivity (Wildman–Crippen MR) is 56.5 cm³/mol. The van der Waals surface area contributed by atoms with Crippen LogP contribution in [0.5, 0.6) is 0 Å². The standard InChI is InChI=1S/C10H16F4N2O2/c1-5(2)15-7(17)9(11,12)10(13,14)8(18)16-6(3)4/h5-6H,1-4H3,(H,15,17)(H,16,18). The SMILES string of the molecule is CC(C)NC(=O)C(F)(F)C(F)(F)C(=O)NC(C)C. The highest BCUT2D eigenvalue weighted by atomic mass is 19.3. The molecule has 0 bridgehead atoms. The molecule has 0 fully saturated rings. The third-order valence-corrected chi connectivity index (χ3v) is 1.80. The van der Waals surface area contributed by atoms with Gasteiger partial charge in [-0.25, -0.2) is 0 Å². The molecule has 0 heterocycles. The Labute approximate surface area is 102 Å². The van der Waals surface area contributed by atoms with Gasteiger partial charge in [-0.3, -0.25) is 9.59 Å². The van der Waals surface area contributed by atoms with Gasteiger partial charge in [-0.2, -0.15) is 17.6 Å². The summed E-state index contributed by atoms with van der Waals surface area (Å²) in [6.45, 7) is 5.33. The zero-order valence-electron chi connectivity index (χ0n) is 10.5. The van der Waals surface area contributed by atoms with E-state index in [1.54, 1.807) is 10.6 Å².